The highest BCUT2D eigenvalue weighted by Crippen LogP contribution is 2.23. The van der Waals surface area contributed by atoms with E-state index in [1.54, 1.807) is 0 Å². The molecule has 0 heterocycles. The monoisotopic (exact) mass is 301 g/mol. The molecule has 0 aromatic heterocycles. The van der Waals surface area contributed by atoms with Gasteiger partial charge in [-0.2, -0.15) is 0 Å². The molecule has 0 radical (unpaired) electrons. The van der Waals surface area contributed by atoms with E-state index in [4.69, 9.17) is 23.2 Å². The summed E-state index contributed by atoms with van der Waals surface area (Å²) in [6.07, 6.45) is 0. The molecule has 0 spiro atoms. The number of nitrogens with one attached hydrogen (secondary N) is 1. The van der Waals surface area contributed by atoms with Crippen LogP contribution in [-0.2, 0) is 0 Å². The van der Waals surface area contributed by atoms with E-state index in [0.717, 1.165) is 18.2 Å². The van der Waals surface area contributed by atoms with E-state index in [2.05, 4.69) is 5.32 Å². The van der Waals surface area contributed by atoms with Crippen molar-refractivity contribution in [2.24, 2.45) is 0 Å². The Morgan fingerprint density at radius 3 is 2.53 bits per heavy atom. The third-order valence-electron chi connectivity index (χ3n) is 2.35. The van der Waals surface area contributed by atoms with Gasteiger partial charge in [-0.3, -0.25) is 4.79 Å². The van der Waals surface area contributed by atoms with Crippen LogP contribution in [0.5, 0.6) is 0 Å². The molecule has 2 rings (SSSR count). The van der Waals surface area contributed by atoms with Gasteiger partial charge < -0.3 is 5.32 Å². The van der Waals surface area contributed by atoms with Crippen LogP contribution in [0.2, 0.25) is 10.0 Å². The van der Waals surface area contributed by atoms with E-state index in [0.29, 0.717) is 5.02 Å². The summed E-state index contributed by atoms with van der Waals surface area (Å²) in [6, 6.07) is 7.06. The topological polar surface area (TPSA) is 29.1 Å². The Balaban J connectivity index is 2.30. The van der Waals surface area contributed by atoms with Crippen LogP contribution >= 0.6 is 23.2 Å². The number of carbonyl (C=O) groups is 1. The van der Waals surface area contributed by atoms with Crippen LogP contribution < -0.4 is 5.32 Å². The van der Waals surface area contributed by atoms with Gasteiger partial charge in [0.15, 0.2) is 0 Å². The van der Waals surface area contributed by atoms with Crippen LogP contribution in [-0.4, -0.2) is 5.91 Å². The van der Waals surface area contributed by atoms with E-state index >= 15 is 0 Å². The van der Waals surface area contributed by atoms with Gasteiger partial charge in [0.05, 0.1) is 16.3 Å². The van der Waals surface area contributed by atoms with Gasteiger partial charge in [0, 0.05) is 11.1 Å². The summed E-state index contributed by atoms with van der Waals surface area (Å²) in [4.78, 5) is 11.9. The zero-order valence-electron chi connectivity index (χ0n) is 9.38. The molecule has 0 aliphatic rings. The molecule has 2 nitrogen and oxygen atoms in total. The molecule has 0 fully saturated rings. The highest BCUT2D eigenvalue weighted by Gasteiger charge is 2.13. The standard InChI is InChI=1S/C13H7Cl2F2NO/c14-7-1-3-10(15)9(5-7)13(19)18-12-6-8(16)2-4-11(12)17/h1-6H,(H,18,19). The molecule has 2 aromatic rings. The summed E-state index contributed by atoms with van der Waals surface area (Å²) in [7, 11) is 0. The molecule has 0 unspecified atom stereocenters. The lowest BCUT2D eigenvalue weighted by atomic mass is 10.2. The van der Waals surface area contributed by atoms with Gasteiger partial charge in [0.1, 0.15) is 11.6 Å². The van der Waals surface area contributed by atoms with Crippen LogP contribution in [0.1, 0.15) is 10.4 Å². The summed E-state index contributed by atoms with van der Waals surface area (Å²) >= 11 is 11.6. The first-order valence-electron chi connectivity index (χ1n) is 5.19. The van der Waals surface area contributed by atoms with E-state index in [1.807, 2.05) is 0 Å². The number of amides is 1. The van der Waals surface area contributed by atoms with Crippen LogP contribution in [0.15, 0.2) is 36.4 Å². The quantitative estimate of drug-likeness (QED) is 0.868. The molecule has 1 amide bonds. The number of hydrogen-bond donors (Lipinski definition) is 1. The molecule has 0 saturated heterocycles. The number of carbonyl (C=O) groups excluding carboxylic acids is 1. The molecule has 0 aliphatic heterocycles. The van der Waals surface area contributed by atoms with Crippen LogP contribution in [0, 0.1) is 11.6 Å². The van der Waals surface area contributed by atoms with Crippen molar-refractivity contribution in [1.29, 1.82) is 0 Å². The second kappa shape index (κ2) is 5.55. The van der Waals surface area contributed by atoms with E-state index in [-0.39, 0.29) is 16.3 Å². The van der Waals surface area contributed by atoms with Gasteiger partial charge in [-0.15, -0.1) is 0 Å². The van der Waals surface area contributed by atoms with Crippen LogP contribution in [0.4, 0.5) is 14.5 Å². The van der Waals surface area contributed by atoms with Gasteiger partial charge in [0.25, 0.3) is 5.91 Å². The predicted octanol–water partition coefficient (Wildman–Crippen LogP) is 4.52. The van der Waals surface area contributed by atoms with Gasteiger partial charge >= 0.3 is 0 Å². The predicted molar refractivity (Wildman–Crippen MR) is 70.8 cm³/mol. The molecule has 2 aromatic carbocycles. The maximum Gasteiger partial charge on any atom is 0.257 e. The highest BCUT2D eigenvalue weighted by molar-refractivity contribution is 6.36. The smallest absolute Gasteiger partial charge is 0.257 e. The molecule has 0 atom stereocenters. The maximum absolute atomic E-state index is 13.4. The van der Waals surface area contributed by atoms with Gasteiger partial charge in [-0.1, -0.05) is 23.2 Å². The molecular weight excluding hydrogens is 295 g/mol. The van der Waals surface area contributed by atoms with E-state index in [1.165, 1.54) is 18.2 Å². The molecule has 0 bridgehead atoms. The van der Waals surface area contributed by atoms with Gasteiger partial charge in [0.2, 0.25) is 0 Å². The van der Waals surface area contributed by atoms with Crippen molar-refractivity contribution in [2.45, 2.75) is 0 Å². The van der Waals surface area contributed by atoms with Crippen molar-refractivity contribution in [3.05, 3.63) is 63.6 Å². The molecule has 19 heavy (non-hydrogen) atoms. The minimum absolute atomic E-state index is 0.0813. The minimum Gasteiger partial charge on any atom is -0.319 e. The maximum atomic E-state index is 13.4. The lowest BCUT2D eigenvalue weighted by Crippen LogP contribution is -2.13. The van der Waals surface area contributed by atoms with E-state index < -0.39 is 17.5 Å². The first-order valence-corrected chi connectivity index (χ1v) is 5.94. The van der Waals surface area contributed by atoms with Crippen LogP contribution in [0.3, 0.4) is 0 Å². The third-order valence-corrected chi connectivity index (χ3v) is 2.91. The van der Waals surface area contributed by atoms with Gasteiger partial charge in [-0.25, -0.2) is 8.78 Å². The van der Waals surface area contributed by atoms with E-state index in [9.17, 15) is 13.6 Å². The minimum atomic E-state index is -0.743. The Bertz CT molecular complexity index is 647. The summed E-state index contributed by atoms with van der Waals surface area (Å²) < 4.78 is 26.4. The Kier molecular flexibility index (Phi) is 4.02. The molecule has 0 aliphatic carbocycles. The van der Waals surface area contributed by atoms with Crippen molar-refractivity contribution in [2.75, 3.05) is 5.32 Å². The second-order valence-electron chi connectivity index (χ2n) is 3.70. The summed E-state index contributed by atoms with van der Waals surface area (Å²) in [6.45, 7) is 0. The third kappa shape index (κ3) is 3.22. The van der Waals surface area contributed by atoms with Crippen molar-refractivity contribution in [1.82, 2.24) is 0 Å². The average Bonchev–Trinajstić information content (AvgIpc) is 2.36. The number of anilines is 1. The number of rotatable bonds is 2. The Labute approximate surface area is 118 Å². The van der Waals surface area contributed by atoms with Crippen LogP contribution in [0.25, 0.3) is 0 Å². The second-order valence-corrected chi connectivity index (χ2v) is 4.55. The Morgan fingerprint density at radius 1 is 1.05 bits per heavy atom. The van der Waals surface area contributed by atoms with Crippen molar-refractivity contribution in [3.8, 4) is 0 Å². The fourth-order valence-corrected chi connectivity index (χ4v) is 1.83. The normalized spacial score (nSPS) is 10.3. The SMILES string of the molecule is O=C(Nc1cc(F)ccc1F)c1cc(Cl)ccc1Cl. The summed E-state index contributed by atoms with van der Waals surface area (Å²) in [5, 5.41) is 2.72. The Morgan fingerprint density at radius 2 is 1.79 bits per heavy atom. The lowest BCUT2D eigenvalue weighted by molar-refractivity contribution is 0.102. The fraction of sp³-hybridized carbons (Fsp3) is 0. The zero-order valence-corrected chi connectivity index (χ0v) is 10.9. The fourth-order valence-electron chi connectivity index (χ4n) is 1.45. The van der Waals surface area contributed by atoms with Gasteiger partial charge in [-0.05, 0) is 30.3 Å². The first kappa shape index (κ1) is 13.8. The molecule has 0 saturated carbocycles. The zero-order chi connectivity index (χ0) is 14.0. The number of hydrogen-bond acceptors (Lipinski definition) is 1. The average molecular weight is 302 g/mol. The van der Waals surface area contributed by atoms with Crippen molar-refractivity contribution >= 4 is 34.8 Å². The number of benzene rings is 2. The molecule has 6 heteroatoms. The first-order chi connectivity index (χ1) is 8.97. The lowest BCUT2D eigenvalue weighted by Gasteiger charge is -2.08. The van der Waals surface area contributed by atoms with Crippen molar-refractivity contribution < 1.29 is 13.6 Å². The summed E-state index contributed by atoms with van der Waals surface area (Å²) in [5.41, 5.74) is -0.182. The number of halogens is 4. The highest BCUT2D eigenvalue weighted by atomic mass is 35.5. The molecular formula is C13H7Cl2F2NO. The summed E-state index contributed by atoms with van der Waals surface area (Å²) in [5.74, 6) is -2.07. The largest absolute Gasteiger partial charge is 0.319 e. The molecule has 1 N–H and O–H groups in total. The Hall–Kier alpha value is -1.65. The van der Waals surface area contributed by atoms with Crippen molar-refractivity contribution in [3.63, 3.8) is 0 Å². The molecule has 98 valence electrons.